The van der Waals surface area contributed by atoms with Crippen molar-refractivity contribution in [3.8, 4) is 6.07 Å². The van der Waals surface area contributed by atoms with Gasteiger partial charge in [0.25, 0.3) is 0 Å². The molecular weight excluding hydrogens is 256 g/mol. The molecule has 108 valence electrons. The number of methoxy groups -OCH3 is 2. The molecule has 0 aromatic heterocycles. The van der Waals surface area contributed by atoms with Crippen LogP contribution in [0.3, 0.4) is 0 Å². The standard InChI is InChI=1S/C15H20N2O3/c1-19-9-7-17(8-10-20-2)12-15(18)14-5-3-13(11-16)4-6-14/h3-6H,7-10,12H2,1-2H3. The van der Waals surface area contributed by atoms with Crippen molar-refractivity contribution in [1.29, 1.82) is 5.26 Å². The van der Waals surface area contributed by atoms with Gasteiger partial charge in [0.2, 0.25) is 0 Å². The Kier molecular flexibility index (Phi) is 7.51. The third kappa shape index (κ3) is 5.49. The number of Topliss-reactive ketones (excluding diaryl/α,β-unsaturated/α-hetero) is 1. The molecule has 20 heavy (non-hydrogen) atoms. The number of carbonyl (C=O) groups is 1. The Labute approximate surface area is 119 Å². The predicted octanol–water partition coefficient (Wildman–Crippen LogP) is 1.34. The van der Waals surface area contributed by atoms with Gasteiger partial charge in [-0.15, -0.1) is 0 Å². The summed E-state index contributed by atoms with van der Waals surface area (Å²) in [5.41, 5.74) is 1.17. The topological polar surface area (TPSA) is 62.6 Å². The molecule has 1 aromatic carbocycles. The Bertz CT molecular complexity index is 443. The van der Waals surface area contributed by atoms with Crippen LogP contribution < -0.4 is 0 Å². The summed E-state index contributed by atoms with van der Waals surface area (Å²) in [6.07, 6.45) is 0. The molecule has 0 fully saturated rings. The molecule has 5 heteroatoms. The van der Waals surface area contributed by atoms with E-state index in [1.54, 1.807) is 38.5 Å². The molecule has 1 rings (SSSR count). The first kappa shape index (κ1) is 16.3. The number of ketones is 1. The van der Waals surface area contributed by atoms with Crippen LogP contribution in [0, 0.1) is 11.3 Å². The number of ether oxygens (including phenoxy) is 2. The lowest BCUT2D eigenvalue weighted by Gasteiger charge is -2.20. The largest absolute Gasteiger partial charge is 0.383 e. The van der Waals surface area contributed by atoms with Crippen molar-refractivity contribution in [3.05, 3.63) is 35.4 Å². The first-order chi connectivity index (χ1) is 9.71. The molecule has 0 radical (unpaired) electrons. The fourth-order valence-corrected chi connectivity index (χ4v) is 1.74. The summed E-state index contributed by atoms with van der Waals surface area (Å²) in [4.78, 5) is 14.2. The summed E-state index contributed by atoms with van der Waals surface area (Å²) in [7, 11) is 3.27. The summed E-state index contributed by atoms with van der Waals surface area (Å²) >= 11 is 0. The minimum Gasteiger partial charge on any atom is -0.383 e. The summed E-state index contributed by atoms with van der Waals surface area (Å²) in [5.74, 6) is 0.0293. The van der Waals surface area contributed by atoms with Crippen molar-refractivity contribution in [3.63, 3.8) is 0 Å². The molecule has 0 heterocycles. The zero-order chi connectivity index (χ0) is 14.8. The van der Waals surface area contributed by atoms with Crippen LogP contribution in [-0.4, -0.2) is 57.8 Å². The number of nitriles is 1. The van der Waals surface area contributed by atoms with E-state index in [0.717, 1.165) is 0 Å². The van der Waals surface area contributed by atoms with Crippen LogP contribution >= 0.6 is 0 Å². The van der Waals surface area contributed by atoms with E-state index in [1.807, 2.05) is 11.0 Å². The maximum atomic E-state index is 12.2. The predicted molar refractivity (Wildman–Crippen MR) is 75.7 cm³/mol. The van der Waals surface area contributed by atoms with Gasteiger partial charge in [-0.05, 0) is 12.1 Å². The van der Waals surface area contributed by atoms with Crippen LogP contribution in [0.2, 0.25) is 0 Å². The van der Waals surface area contributed by atoms with E-state index in [-0.39, 0.29) is 5.78 Å². The maximum Gasteiger partial charge on any atom is 0.176 e. The van der Waals surface area contributed by atoms with Gasteiger partial charge in [0.05, 0.1) is 31.4 Å². The smallest absolute Gasteiger partial charge is 0.176 e. The van der Waals surface area contributed by atoms with Crippen molar-refractivity contribution in [2.75, 3.05) is 47.1 Å². The Hall–Kier alpha value is -1.74. The molecule has 0 spiro atoms. The van der Waals surface area contributed by atoms with E-state index in [1.165, 1.54) is 0 Å². The van der Waals surface area contributed by atoms with Crippen molar-refractivity contribution >= 4 is 5.78 Å². The zero-order valence-electron chi connectivity index (χ0n) is 12.0. The summed E-state index contributed by atoms with van der Waals surface area (Å²) < 4.78 is 10.1. The van der Waals surface area contributed by atoms with Crippen LogP contribution in [0.15, 0.2) is 24.3 Å². The van der Waals surface area contributed by atoms with Crippen molar-refractivity contribution < 1.29 is 14.3 Å². The molecule has 1 aromatic rings. The van der Waals surface area contributed by atoms with E-state index in [9.17, 15) is 4.79 Å². The monoisotopic (exact) mass is 276 g/mol. The molecule has 0 N–H and O–H groups in total. The molecule has 5 nitrogen and oxygen atoms in total. The van der Waals surface area contributed by atoms with Gasteiger partial charge in [-0.25, -0.2) is 0 Å². The molecule has 0 saturated carbocycles. The third-order valence-electron chi connectivity index (χ3n) is 2.93. The first-order valence-corrected chi connectivity index (χ1v) is 6.45. The highest BCUT2D eigenvalue weighted by molar-refractivity contribution is 5.97. The second-order valence-corrected chi connectivity index (χ2v) is 4.37. The molecule has 0 aliphatic heterocycles. The van der Waals surface area contributed by atoms with E-state index < -0.39 is 0 Å². The number of benzene rings is 1. The van der Waals surface area contributed by atoms with E-state index in [0.29, 0.717) is 44.0 Å². The minimum absolute atomic E-state index is 0.0293. The first-order valence-electron chi connectivity index (χ1n) is 6.45. The maximum absolute atomic E-state index is 12.2. The van der Waals surface area contributed by atoms with Crippen molar-refractivity contribution in [2.24, 2.45) is 0 Å². The lowest BCUT2D eigenvalue weighted by Crippen LogP contribution is -2.35. The average Bonchev–Trinajstić information content (AvgIpc) is 2.49. The highest BCUT2D eigenvalue weighted by Crippen LogP contribution is 2.05. The SMILES string of the molecule is COCCN(CCOC)CC(=O)c1ccc(C#N)cc1. The Morgan fingerprint density at radius 2 is 1.70 bits per heavy atom. The van der Waals surface area contributed by atoms with Gasteiger partial charge >= 0.3 is 0 Å². The van der Waals surface area contributed by atoms with Crippen LogP contribution in [-0.2, 0) is 9.47 Å². The highest BCUT2D eigenvalue weighted by atomic mass is 16.5. The molecular formula is C15H20N2O3. The molecule has 0 atom stereocenters. The average molecular weight is 276 g/mol. The molecule has 0 bridgehead atoms. The summed E-state index contributed by atoms with van der Waals surface area (Å²) in [6.45, 7) is 2.83. The summed E-state index contributed by atoms with van der Waals surface area (Å²) in [6, 6.07) is 8.72. The molecule has 0 amide bonds. The van der Waals surface area contributed by atoms with Crippen molar-refractivity contribution in [2.45, 2.75) is 0 Å². The number of nitrogens with zero attached hydrogens (tertiary/aromatic N) is 2. The van der Waals surface area contributed by atoms with Gasteiger partial charge in [0, 0.05) is 32.9 Å². The van der Waals surface area contributed by atoms with Crippen molar-refractivity contribution in [1.82, 2.24) is 4.90 Å². The molecule has 0 aliphatic carbocycles. The number of hydrogen-bond donors (Lipinski definition) is 0. The quantitative estimate of drug-likeness (QED) is 0.637. The van der Waals surface area contributed by atoms with E-state index >= 15 is 0 Å². The lowest BCUT2D eigenvalue weighted by molar-refractivity contribution is 0.0837. The van der Waals surface area contributed by atoms with Gasteiger partial charge in [-0.3, -0.25) is 9.69 Å². The van der Waals surface area contributed by atoms with Crippen LogP contribution in [0.5, 0.6) is 0 Å². The van der Waals surface area contributed by atoms with Crippen LogP contribution in [0.4, 0.5) is 0 Å². The van der Waals surface area contributed by atoms with Gasteiger partial charge < -0.3 is 9.47 Å². The number of carbonyl (C=O) groups excluding carboxylic acids is 1. The Balaban J connectivity index is 2.61. The summed E-state index contributed by atoms with van der Waals surface area (Å²) in [5, 5.41) is 8.74. The second-order valence-electron chi connectivity index (χ2n) is 4.37. The van der Waals surface area contributed by atoms with E-state index in [2.05, 4.69) is 0 Å². The van der Waals surface area contributed by atoms with Gasteiger partial charge in [-0.1, -0.05) is 12.1 Å². The number of rotatable bonds is 9. The van der Waals surface area contributed by atoms with Crippen LogP contribution in [0.1, 0.15) is 15.9 Å². The van der Waals surface area contributed by atoms with Crippen LogP contribution in [0.25, 0.3) is 0 Å². The van der Waals surface area contributed by atoms with E-state index in [4.69, 9.17) is 14.7 Å². The van der Waals surface area contributed by atoms with Gasteiger partial charge in [0.1, 0.15) is 0 Å². The number of hydrogen-bond acceptors (Lipinski definition) is 5. The zero-order valence-corrected chi connectivity index (χ0v) is 12.0. The van der Waals surface area contributed by atoms with Gasteiger partial charge in [0.15, 0.2) is 5.78 Å². The second kappa shape index (κ2) is 9.21. The normalized spacial score (nSPS) is 10.5. The highest BCUT2D eigenvalue weighted by Gasteiger charge is 2.12. The third-order valence-corrected chi connectivity index (χ3v) is 2.93. The molecule has 0 saturated heterocycles. The fourth-order valence-electron chi connectivity index (χ4n) is 1.74. The lowest BCUT2D eigenvalue weighted by atomic mass is 10.1. The Morgan fingerprint density at radius 3 is 2.15 bits per heavy atom. The Morgan fingerprint density at radius 1 is 1.15 bits per heavy atom. The minimum atomic E-state index is 0.0293. The molecule has 0 aliphatic rings. The van der Waals surface area contributed by atoms with Gasteiger partial charge in [-0.2, -0.15) is 5.26 Å². The fraction of sp³-hybridized carbons (Fsp3) is 0.467. The molecule has 0 unspecified atom stereocenters.